The molecule has 6 nitrogen and oxygen atoms in total. The molecule has 0 spiro atoms. The van der Waals surface area contributed by atoms with Gasteiger partial charge >= 0.3 is 18.2 Å². The fourth-order valence-corrected chi connectivity index (χ4v) is 2.37. The molecule has 0 radical (unpaired) electrons. The maximum Gasteiger partial charge on any atom is 0.416 e. The van der Waals surface area contributed by atoms with Crippen molar-refractivity contribution in [1.82, 2.24) is 5.32 Å². The van der Waals surface area contributed by atoms with Crippen molar-refractivity contribution in [3.8, 4) is 0 Å². The van der Waals surface area contributed by atoms with Gasteiger partial charge in [-0.05, 0) is 54.8 Å². The number of urea groups is 1. The van der Waals surface area contributed by atoms with E-state index in [0.717, 1.165) is 35.4 Å². The Morgan fingerprint density at radius 3 is 2.47 bits per heavy atom. The standard InChI is InChI=1S/C21H19F3N2O4/c1-13-5-3-8-17(14(13)2)25-20(29)26-18(27)12-30-19(28)10-9-15-6-4-7-16(11-15)21(22,23)24/h3-11H,12H2,1-2H3,(H2,25,26,27,29)/b10-9+. The van der Waals surface area contributed by atoms with Gasteiger partial charge in [0.25, 0.3) is 5.91 Å². The summed E-state index contributed by atoms with van der Waals surface area (Å²) >= 11 is 0. The van der Waals surface area contributed by atoms with Gasteiger partial charge < -0.3 is 10.1 Å². The predicted molar refractivity (Wildman–Crippen MR) is 105 cm³/mol. The lowest BCUT2D eigenvalue weighted by Gasteiger charge is -2.10. The van der Waals surface area contributed by atoms with Gasteiger partial charge in [-0.2, -0.15) is 13.2 Å². The van der Waals surface area contributed by atoms with Gasteiger partial charge in [-0.15, -0.1) is 0 Å². The molecule has 2 N–H and O–H groups in total. The van der Waals surface area contributed by atoms with Crippen LogP contribution in [0, 0.1) is 13.8 Å². The van der Waals surface area contributed by atoms with E-state index in [-0.39, 0.29) is 5.56 Å². The number of rotatable bonds is 5. The normalized spacial score (nSPS) is 11.2. The van der Waals surface area contributed by atoms with Crippen molar-refractivity contribution < 1.29 is 32.3 Å². The van der Waals surface area contributed by atoms with E-state index in [2.05, 4.69) is 10.1 Å². The number of halogens is 3. The molecule has 0 saturated carbocycles. The monoisotopic (exact) mass is 420 g/mol. The predicted octanol–water partition coefficient (Wildman–Crippen LogP) is 4.23. The van der Waals surface area contributed by atoms with Crippen LogP contribution in [0.25, 0.3) is 6.08 Å². The topological polar surface area (TPSA) is 84.5 Å². The van der Waals surface area contributed by atoms with Crippen molar-refractivity contribution in [2.45, 2.75) is 20.0 Å². The Morgan fingerprint density at radius 2 is 1.77 bits per heavy atom. The summed E-state index contributed by atoms with van der Waals surface area (Å²) < 4.78 is 42.7. The number of anilines is 1. The van der Waals surface area contributed by atoms with Crippen LogP contribution in [0.1, 0.15) is 22.3 Å². The summed E-state index contributed by atoms with van der Waals surface area (Å²) in [5, 5.41) is 4.53. The number of hydrogen-bond acceptors (Lipinski definition) is 4. The van der Waals surface area contributed by atoms with E-state index in [1.54, 1.807) is 12.1 Å². The zero-order valence-corrected chi connectivity index (χ0v) is 16.2. The maximum absolute atomic E-state index is 12.7. The van der Waals surface area contributed by atoms with Crippen LogP contribution >= 0.6 is 0 Å². The molecule has 0 unspecified atom stereocenters. The average Bonchev–Trinajstić information content (AvgIpc) is 2.68. The lowest BCUT2D eigenvalue weighted by molar-refractivity contribution is -0.143. The van der Waals surface area contributed by atoms with Crippen molar-refractivity contribution in [3.63, 3.8) is 0 Å². The lowest BCUT2D eigenvalue weighted by Crippen LogP contribution is -2.37. The molecule has 0 fully saturated rings. The van der Waals surface area contributed by atoms with E-state index in [1.165, 1.54) is 12.1 Å². The number of carbonyl (C=O) groups excluding carboxylic acids is 3. The molecular formula is C21H19F3N2O4. The molecule has 30 heavy (non-hydrogen) atoms. The van der Waals surface area contributed by atoms with Gasteiger partial charge in [-0.1, -0.05) is 24.3 Å². The van der Waals surface area contributed by atoms with Crippen LogP contribution in [0.5, 0.6) is 0 Å². The summed E-state index contributed by atoms with van der Waals surface area (Å²) in [5.41, 5.74) is 1.61. The molecule has 0 aliphatic rings. The smallest absolute Gasteiger partial charge is 0.416 e. The van der Waals surface area contributed by atoms with E-state index in [1.807, 2.05) is 25.2 Å². The highest BCUT2D eigenvalue weighted by Gasteiger charge is 2.30. The molecule has 0 bridgehead atoms. The largest absolute Gasteiger partial charge is 0.452 e. The van der Waals surface area contributed by atoms with Gasteiger partial charge in [0.15, 0.2) is 6.61 Å². The third kappa shape index (κ3) is 6.77. The first-order valence-corrected chi connectivity index (χ1v) is 8.75. The maximum atomic E-state index is 12.7. The highest BCUT2D eigenvalue weighted by Crippen LogP contribution is 2.29. The molecule has 0 atom stereocenters. The van der Waals surface area contributed by atoms with E-state index in [9.17, 15) is 27.6 Å². The van der Waals surface area contributed by atoms with Gasteiger partial charge in [0, 0.05) is 11.8 Å². The van der Waals surface area contributed by atoms with Crippen molar-refractivity contribution in [2.24, 2.45) is 0 Å². The Morgan fingerprint density at radius 1 is 1.07 bits per heavy atom. The van der Waals surface area contributed by atoms with Crippen molar-refractivity contribution >= 4 is 29.7 Å². The summed E-state index contributed by atoms with van der Waals surface area (Å²) in [4.78, 5) is 35.2. The minimum absolute atomic E-state index is 0.138. The van der Waals surface area contributed by atoms with Crippen LogP contribution in [-0.4, -0.2) is 24.5 Å². The Balaban J connectivity index is 1.83. The Labute approximate surface area is 170 Å². The highest BCUT2D eigenvalue weighted by molar-refractivity contribution is 6.02. The first-order valence-electron chi connectivity index (χ1n) is 8.75. The number of imide groups is 1. The Hall–Kier alpha value is -3.62. The molecule has 158 valence electrons. The zero-order valence-electron chi connectivity index (χ0n) is 16.2. The minimum Gasteiger partial charge on any atom is -0.452 e. The number of amides is 3. The van der Waals surface area contributed by atoms with Crippen LogP contribution < -0.4 is 10.6 Å². The van der Waals surface area contributed by atoms with Crippen LogP contribution in [0.4, 0.5) is 23.7 Å². The van der Waals surface area contributed by atoms with Gasteiger partial charge in [0.05, 0.1) is 5.56 Å². The number of ether oxygens (including phenoxy) is 1. The Bertz CT molecular complexity index is 984. The van der Waals surface area contributed by atoms with Gasteiger partial charge in [-0.3, -0.25) is 10.1 Å². The third-order valence-corrected chi connectivity index (χ3v) is 4.08. The summed E-state index contributed by atoms with van der Waals surface area (Å²) in [7, 11) is 0. The third-order valence-electron chi connectivity index (χ3n) is 4.08. The van der Waals surface area contributed by atoms with Crippen LogP contribution in [0.3, 0.4) is 0 Å². The molecule has 2 aromatic carbocycles. The molecule has 9 heteroatoms. The summed E-state index contributed by atoms with van der Waals surface area (Å²) in [6.45, 7) is 2.95. The molecule has 0 aliphatic heterocycles. The summed E-state index contributed by atoms with van der Waals surface area (Å²) in [6, 6.07) is 8.86. The fraction of sp³-hybridized carbons (Fsp3) is 0.190. The fourth-order valence-electron chi connectivity index (χ4n) is 2.37. The second-order valence-corrected chi connectivity index (χ2v) is 6.31. The molecule has 2 aromatic rings. The molecular weight excluding hydrogens is 401 g/mol. The molecule has 0 saturated heterocycles. The van der Waals surface area contributed by atoms with E-state index < -0.39 is 36.3 Å². The van der Waals surface area contributed by atoms with E-state index in [4.69, 9.17) is 0 Å². The van der Waals surface area contributed by atoms with Crippen molar-refractivity contribution in [2.75, 3.05) is 11.9 Å². The second-order valence-electron chi connectivity index (χ2n) is 6.31. The average molecular weight is 420 g/mol. The number of nitrogens with one attached hydrogen (secondary N) is 2. The highest BCUT2D eigenvalue weighted by atomic mass is 19.4. The number of aryl methyl sites for hydroxylation is 1. The number of carbonyl (C=O) groups is 3. The van der Waals surface area contributed by atoms with Crippen LogP contribution in [-0.2, 0) is 20.5 Å². The van der Waals surface area contributed by atoms with E-state index >= 15 is 0 Å². The quantitative estimate of drug-likeness (QED) is 0.560. The van der Waals surface area contributed by atoms with Gasteiger partial charge in [0.2, 0.25) is 0 Å². The van der Waals surface area contributed by atoms with Gasteiger partial charge in [0.1, 0.15) is 0 Å². The SMILES string of the molecule is Cc1cccc(NC(=O)NC(=O)COC(=O)/C=C/c2cccc(C(F)(F)F)c2)c1C. The first-order chi connectivity index (χ1) is 14.1. The molecule has 0 aliphatic carbocycles. The van der Waals surface area contributed by atoms with Gasteiger partial charge in [-0.25, -0.2) is 9.59 Å². The summed E-state index contributed by atoms with van der Waals surface area (Å²) in [6.07, 6.45) is -2.48. The number of esters is 1. The summed E-state index contributed by atoms with van der Waals surface area (Å²) in [5.74, 6) is -1.81. The lowest BCUT2D eigenvalue weighted by atomic mass is 10.1. The molecule has 0 heterocycles. The second kappa shape index (κ2) is 9.73. The number of benzene rings is 2. The van der Waals surface area contributed by atoms with Crippen molar-refractivity contribution in [1.29, 1.82) is 0 Å². The molecule has 3 amide bonds. The number of alkyl halides is 3. The molecule has 2 rings (SSSR count). The zero-order chi connectivity index (χ0) is 22.3. The van der Waals surface area contributed by atoms with Crippen molar-refractivity contribution in [3.05, 3.63) is 70.8 Å². The molecule has 0 aromatic heterocycles. The van der Waals surface area contributed by atoms with Crippen LogP contribution in [0.15, 0.2) is 48.5 Å². The Kier molecular flexibility index (Phi) is 7.35. The first kappa shape index (κ1) is 22.7. The number of hydrogen-bond donors (Lipinski definition) is 2. The van der Waals surface area contributed by atoms with Crippen LogP contribution in [0.2, 0.25) is 0 Å². The minimum atomic E-state index is -4.50. The van der Waals surface area contributed by atoms with E-state index in [0.29, 0.717) is 5.69 Å².